The molecule has 23 heavy (non-hydrogen) atoms. The van der Waals surface area contributed by atoms with Crippen molar-refractivity contribution in [2.24, 2.45) is 0 Å². The number of nitriles is 1. The summed E-state index contributed by atoms with van der Waals surface area (Å²) in [6, 6.07) is 8.82. The number of sulfonamides is 1. The molecule has 1 N–H and O–H groups in total. The molecular formula is C15H16N4O3S. The molecule has 1 heterocycles. The summed E-state index contributed by atoms with van der Waals surface area (Å²) in [5, 5.41) is 12.9. The van der Waals surface area contributed by atoms with E-state index in [4.69, 9.17) is 10.00 Å². The standard InChI is InChI=1S/C15H16N4O3S/c1-22-11-15(6-7-15)23(20,21)18-13-2-4-14(5-3-13)19-10-12(8-16)9-17-19/h2-5,9-10,18H,6-7,11H2,1H3. The number of benzene rings is 1. The largest absolute Gasteiger partial charge is 0.383 e. The van der Waals surface area contributed by atoms with Gasteiger partial charge in [0.25, 0.3) is 0 Å². The van der Waals surface area contributed by atoms with Crippen LogP contribution < -0.4 is 4.72 Å². The van der Waals surface area contributed by atoms with E-state index in [2.05, 4.69) is 9.82 Å². The van der Waals surface area contributed by atoms with E-state index in [-0.39, 0.29) is 6.61 Å². The van der Waals surface area contributed by atoms with Crippen molar-refractivity contribution in [2.45, 2.75) is 17.6 Å². The molecule has 2 aromatic rings. The lowest BCUT2D eigenvalue weighted by atomic mass is 10.3. The maximum absolute atomic E-state index is 12.4. The number of ether oxygens (including phenoxy) is 1. The Morgan fingerprint density at radius 2 is 2.09 bits per heavy atom. The number of nitrogens with one attached hydrogen (secondary N) is 1. The predicted molar refractivity (Wildman–Crippen MR) is 84.7 cm³/mol. The van der Waals surface area contributed by atoms with E-state index >= 15 is 0 Å². The van der Waals surface area contributed by atoms with Crippen LogP contribution in [0.3, 0.4) is 0 Å². The Kier molecular flexibility index (Phi) is 3.83. The smallest absolute Gasteiger partial charge is 0.240 e. The minimum atomic E-state index is -3.48. The van der Waals surface area contributed by atoms with Crippen LogP contribution in [0.25, 0.3) is 5.69 Å². The van der Waals surface area contributed by atoms with Gasteiger partial charge in [0.15, 0.2) is 0 Å². The first-order valence-electron chi connectivity index (χ1n) is 7.06. The van der Waals surface area contributed by atoms with Gasteiger partial charge >= 0.3 is 0 Å². The fraction of sp³-hybridized carbons (Fsp3) is 0.333. The Morgan fingerprint density at radius 3 is 2.61 bits per heavy atom. The highest BCUT2D eigenvalue weighted by atomic mass is 32.2. The van der Waals surface area contributed by atoms with Crippen molar-refractivity contribution < 1.29 is 13.2 Å². The van der Waals surface area contributed by atoms with E-state index in [0.717, 1.165) is 5.69 Å². The molecule has 1 saturated carbocycles. The fourth-order valence-electron chi connectivity index (χ4n) is 2.36. The monoisotopic (exact) mass is 332 g/mol. The lowest BCUT2D eigenvalue weighted by Crippen LogP contribution is -2.33. The molecule has 0 saturated heterocycles. The Labute approximate surface area is 134 Å². The lowest BCUT2D eigenvalue weighted by molar-refractivity contribution is 0.192. The summed E-state index contributed by atoms with van der Waals surface area (Å²) in [5.74, 6) is 0. The predicted octanol–water partition coefficient (Wildman–Crippen LogP) is 1.66. The van der Waals surface area contributed by atoms with Crippen LogP contribution in [0, 0.1) is 11.3 Å². The van der Waals surface area contributed by atoms with Crippen molar-refractivity contribution in [3.8, 4) is 11.8 Å². The van der Waals surface area contributed by atoms with E-state index < -0.39 is 14.8 Å². The number of methoxy groups -OCH3 is 1. The molecule has 1 aromatic heterocycles. The molecule has 1 fully saturated rings. The second-order valence-electron chi connectivity index (χ2n) is 5.55. The number of nitrogens with zero attached hydrogens (tertiary/aromatic N) is 3. The Morgan fingerprint density at radius 1 is 1.39 bits per heavy atom. The third-order valence-corrected chi connectivity index (χ3v) is 6.05. The van der Waals surface area contributed by atoms with Crippen LogP contribution in [0.5, 0.6) is 0 Å². The van der Waals surface area contributed by atoms with Gasteiger partial charge in [0.2, 0.25) is 10.0 Å². The van der Waals surface area contributed by atoms with Gasteiger partial charge in [0.1, 0.15) is 10.8 Å². The number of hydrogen-bond donors (Lipinski definition) is 1. The van der Waals surface area contributed by atoms with Crippen LogP contribution in [0.1, 0.15) is 18.4 Å². The van der Waals surface area contributed by atoms with E-state index in [1.807, 2.05) is 6.07 Å². The van der Waals surface area contributed by atoms with Crippen molar-refractivity contribution in [3.05, 3.63) is 42.2 Å². The van der Waals surface area contributed by atoms with Gasteiger partial charge in [0, 0.05) is 19.0 Å². The van der Waals surface area contributed by atoms with E-state index in [1.165, 1.54) is 13.3 Å². The van der Waals surface area contributed by atoms with Crippen molar-refractivity contribution in [3.63, 3.8) is 0 Å². The van der Waals surface area contributed by atoms with E-state index in [0.29, 0.717) is 24.1 Å². The molecule has 0 bridgehead atoms. The normalized spacial score (nSPS) is 15.8. The van der Waals surface area contributed by atoms with Crippen LogP contribution in [-0.4, -0.2) is 36.7 Å². The van der Waals surface area contributed by atoms with E-state index in [9.17, 15) is 8.42 Å². The van der Waals surface area contributed by atoms with Crippen LogP contribution in [-0.2, 0) is 14.8 Å². The first kappa shape index (κ1) is 15.5. The van der Waals surface area contributed by atoms with Gasteiger partial charge in [-0.05, 0) is 37.1 Å². The first-order valence-corrected chi connectivity index (χ1v) is 8.54. The molecule has 1 aromatic carbocycles. The third-order valence-electron chi connectivity index (χ3n) is 3.88. The summed E-state index contributed by atoms with van der Waals surface area (Å²) in [4.78, 5) is 0. The van der Waals surface area contributed by atoms with Crippen LogP contribution >= 0.6 is 0 Å². The van der Waals surface area contributed by atoms with Crippen LogP contribution in [0.4, 0.5) is 5.69 Å². The summed E-state index contributed by atoms with van der Waals surface area (Å²) in [5.41, 5.74) is 1.70. The quantitative estimate of drug-likeness (QED) is 0.868. The van der Waals surface area contributed by atoms with Crippen molar-refractivity contribution in [1.29, 1.82) is 5.26 Å². The van der Waals surface area contributed by atoms with Crippen LogP contribution in [0.2, 0.25) is 0 Å². The highest BCUT2D eigenvalue weighted by Crippen LogP contribution is 2.44. The Hall–Kier alpha value is -2.37. The maximum atomic E-state index is 12.4. The van der Waals surface area contributed by atoms with Gasteiger partial charge in [0.05, 0.1) is 24.1 Å². The fourth-order valence-corrected chi connectivity index (χ4v) is 3.94. The SMILES string of the molecule is COCC1(S(=O)(=O)Nc2ccc(-n3cc(C#N)cn3)cc2)CC1. The minimum Gasteiger partial charge on any atom is -0.383 e. The Bertz CT molecular complexity index is 846. The van der Waals surface area contributed by atoms with Gasteiger partial charge in [-0.3, -0.25) is 4.72 Å². The average Bonchev–Trinajstić information content (AvgIpc) is 3.17. The number of hydrogen-bond acceptors (Lipinski definition) is 5. The van der Waals surface area contributed by atoms with Crippen molar-refractivity contribution >= 4 is 15.7 Å². The van der Waals surface area contributed by atoms with Crippen molar-refractivity contribution in [1.82, 2.24) is 9.78 Å². The summed E-state index contributed by atoms with van der Waals surface area (Å²) in [6.45, 7) is 0.199. The van der Waals surface area contributed by atoms with E-state index in [1.54, 1.807) is 35.1 Å². The van der Waals surface area contributed by atoms with Crippen molar-refractivity contribution in [2.75, 3.05) is 18.4 Å². The second kappa shape index (κ2) is 5.68. The Balaban J connectivity index is 1.77. The first-order chi connectivity index (χ1) is 11.0. The molecule has 0 unspecified atom stereocenters. The lowest BCUT2D eigenvalue weighted by Gasteiger charge is -2.17. The number of rotatable bonds is 6. The highest BCUT2D eigenvalue weighted by molar-refractivity contribution is 7.94. The molecule has 120 valence electrons. The van der Waals surface area contributed by atoms with Gasteiger partial charge in [-0.2, -0.15) is 10.4 Å². The topological polar surface area (TPSA) is 97.0 Å². The van der Waals surface area contributed by atoms with Gasteiger partial charge in [-0.1, -0.05) is 0 Å². The molecule has 1 aliphatic rings. The molecule has 0 atom stereocenters. The highest BCUT2D eigenvalue weighted by Gasteiger charge is 2.54. The maximum Gasteiger partial charge on any atom is 0.240 e. The zero-order valence-corrected chi connectivity index (χ0v) is 13.4. The molecule has 0 radical (unpaired) electrons. The summed E-state index contributed by atoms with van der Waals surface area (Å²) in [7, 11) is -1.98. The minimum absolute atomic E-state index is 0.199. The summed E-state index contributed by atoms with van der Waals surface area (Å²) in [6.07, 6.45) is 4.30. The molecule has 8 heteroatoms. The molecular weight excluding hydrogens is 316 g/mol. The van der Waals surface area contributed by atoms with Gasteiger partial charge in [-0.15, -0.1) is 0 Å². The third kappa shape index (κ3) is 2.93. The average molecular weight is 332 g/mol. The molecule has 7 nitrogen and oxygen atoms in total. The summed E-state index contributed by atoms with van der Waals surface area (Å²) < 4.78 is 33.2. The number of anilines is 1. The van der Waals surface area contributed by atoms with Gasteiger partial charge < -0.3 is 4.74 Å². The van der Waals surface area contributed by atoms with Crippen LogP contribution in [0.15, 0.2) is 36.7 Å². The molecule has 1 aliphatic carbocycles. The zero-order chi connectivity index (χ0) is 16.5. The zero-order valence-electron chi connectivity index (χ0n) is 12.6. The second-order valence-corrected chi connectivity index (χ2v) is 7.63. The molecule has 3 rings (SSSR count). The number of aromatic nitrogens is 2. The van der Waals surface area contributed by atoms with Gasteiger partial charge in [-0.25, -0.2) is 13.1 Å². The molecule has 0 amide bonds. The molecule has 0 aliphatic heterocycles. The molecule has 0 spiro atoms. The summed E-state index contributed by atoms with van der Waals surface area (Å²) >= 11 is 0.